The van der Waals surface area contributed by atoms with Crippen molar-refractivity contribution in [3.63, 3.8) is 0 Å². The maximum atomic E-state index is 5.42. The van der Waals surface area contributed by atoms with E-state index in [2.05, 4.69) is 31.1 Å². The van der Waals surface area contributed by atoms with Gasteiger partial charge in [0.2, 0.25) is 0 Å². The minimum Gasteiger partial charge on any atom is -0.496 e. The minimum absolute atomic E-state index is 0.844. The van der Waals surface area contributed by atoms with Gasteiger partial charge in [-0.1, -0.05) is 31.5 Å². The summed E-state index contributed by atoms with van der Waals surface area (Å²) < 4.78 is 10.8. The summed E-state index contributed by atoms with van der Waals surface area (Å²) in [4.78, 5) is 0. The van der Waals surface area contributed by atoms with Gasteiger partial charge in [0.25, 0.3) is 0 Å². The first kappa shape index (κ1) is 13.7. The van der Waals surface area contributed by atoms with Crippen molar-refractivity contribution in [2.45, 2.75) is 39.5 Å². The second-order valence-corrected chi connectivity index (χ2v) is 4.71. The van der Waals surface area contributed by atoms with E-state index >= 15 is 0 Å². The lowest BCUT2D eigenvalue weighted by atomic mass is 10.0. The second kappa shape index (κ2) is 6.41. The molecule has 0 atom stereocenters. The first-order valence-electron chi connectivity index (χ1n) is 6.91. The van der Waals surface area contributed by atoms with E-state index < -0.39 is 0 Å². The highest BCUT2D eigenvalue weighted by Crippen LogP contribution is 2.31. The van der Waals surface area contributed by atoms with Crippen LogP contribution in [0.1, 0.15) is 38.0 Å². The number of benzene rings is 1. The van der Waals surface area contributed by atoms with E-state index in [9.17, 15) is 0 Å². The maximum absolute atomic E-state index is 5.42. The Morgan fingerprint density at radius 1 is 1.11 bits per heavy atom. The molecule has 102 valence electrons. The van der Waals surface area contributed by atoms with Gasteiger partial charge in [0, 0.05) is 18.1 Å². The molecule has 0 unspecified atom stereocenters. The molecule has 19 heavy (non-hydrogen) atoms. The zero-order chi connectivity index (χ0) is 13.7. The molecule has 3 nitrogen and oxygen atoms in total. The molecule has 0 fully saturated rings. The first-order chi connectivity index (χ1) is 9.28. The van der Waals surface area contributed by atoms with Gasteiger partial charge >= 0.3 is 0 Å². The Hall–Kier alpha value is -1.77. The van der Waals surface area contributed by atoms with Crippen LogP contribution in [0.15, 0.2) is 28.8 Å². The molecule has 0 bridgehead atoms. The Morgan fingerprint density at radius 2 is 1.89 bits per heavy atom. The van der Waals surface area contributed by atoms with Crippen molar-refractivity contribution in [1.29, 1.82) is 0 Å². The molecule has 0 aliphatic rings. The molecule has 0 N–H and O–H groups in total. The van der Waals surface area contributed by atoms with Crippen molar-refractivity contribution in [2.24, 2.45) is 0 Å². The molecule has 3 heteroatoms. The van der Waals surface area contributed by atoms with Crippen LogP contribution < -0.4 is 4.74 Å². The topological polar surface area (TPSA) is 35.3 Å². The monoisotopic (exact) mass is 259 g/mol. The Balaban J connectivity index is 2.36. The van der Waals surface area contributed by atoms with Crippen LogP contribution in [0.5, 0.6) is 5.75 Å². The normalized spacial score (nSPS) is 10.7. The summed E-state index contributed by atoms with van der Waals surface area (Å²) in [6.45, 7) is 4.31. The number of methoxy groups -OCH3 is 1. The molecule has 2 aromatic rings. The van der Waals surface area contributed by atoms with E-state index in [-0.39, 0.29) is 0 Å². The molecule has 0 saturated carbocycles. The Labute approximate surface area is 114 Å². The number of aromatic nitrogens is 1. The third-order valence-corrected chi connectivity index (χ3v) is 3.13. The molecular formula is C16H21NO2. The minimum atomic E-state index is 0.844. The Bertz CT molecular complexity index is 531. The van der Waals surface area contributed by atoms with Gasteiger partial charge in [-0.05, 0) is 30.5 Å². The molecule has 0 aliphatic carbocycles. The molecule has 2 rings (SSSR count). The first-order valence-corrected chi connectivity index (χ1v) is 6.91. The SMILES string of the molecule is CCCc1ccc(OC)c(-c2cc(CCC)on2)c1. The fraction of sp³-hybridized carbons (Fsp3) is 0.438. The van der Waals surface area contributed by atoms with Crippen LogP contribution in [0, 0.1) is 0 Å². The number of nitrogens with zero attached hydrogens (tertiary/aromatic N) is 1. The summed E-state index contributed by atoms with van der Waals surface area (Å²) in [7, 11) is 1.69. The van der Waals surface area contributed by atoms with Gasteiger partial charge < -0.3 is 9.26 Å². The maximum Gasteiger partial charge on any atom is 0.137 e. The summed E-state index contributed by atoms with van der Waals surface area (Å²) in [6.07, 6.45) is 4.17. The molecule has 0 radical (unpaired) electrons. The van der Waals surface area contributed by atoms with Gasteiger partial charge in [0.15, 0.2) is 0 Å². The number of ether oxygens (including phenoxy) is 1. The third-order valence-electron chi connectivity index (χ3n) is 3.13. The van der Waals surface area contributed by atoms with Crippen molar-refractivity contribution in [3.05, 3.63) is 35.6 Å². The van der Waals surface area contributed by atoms with Crippen LogP contribution in [0.3, 0.4) is 0 Å². The zero-order valence-electron chi connectivity index (χ0n) is 11.9. The third kappa shape index (κ3) is 3.16. The lowest BCUT2D eigenvalue weighted by Crippen LogP contribution is -1.91. The van der Waals surface area contributed by atoms with Crippen LogP contribution in [0.2, 0.25) is 0 Å². The van der Waals surface area contributed by atoms with Gasteiger partial charge in [-0.25, -0.2) is 0 Å². The molecule has 1 heterocycles. The van der Waals surface area contributed by atoms with Crippen molar-refractivity contribution in [2.75, 3.05) is 7.11 Å². The van der Waals surface area contributed by atoms with E-state index in [1.54, 1.807) is 7.11 Å². The van der Waals surface area contributed by atoms with Crippen LogP contribution in [-0.4, -0.2) is 12.3 Å². The predicted molar refractivity (Wildman–Crippen MR) is 76.5 cm³/mol. The quantitative estimate of drug-likeness (QED) is 0.777. The summed E-state index contributed by atoms with van der Waals surface area (Å²) in [5, 5.41) is 4.16. The number of rotatable bonds is 6. The van der Waals surface area contributed by atoms with Crippen LogP contribution in [0.25, 0.3) is 11.3 Å². The molecule has 0 aliphatic heterocycles. The van der Waals surface area contributed by atoms with Gasteiger partial charge in [-0.3, -0.25) is 0 Å². The van der Waals surface area contributed by atoms with Crippen LogP contribution in [-0.2, 0) is 12.8 Å². The van der Waals surface area contributed by atoms with Gasteiger partial charge in [0.05, 0.1) is 7.11 Å². The predicted octanol–water partition coefficient (Wildman–Crippen LogP) is 4.26. The van der Waals surface area contributed by atoms with E-state index in [1.165, 1.54) is 5.56 Å². The summed E-state index contributed by atoms with van der Waals surface area (Å²) in [5.74, 6) is 1.77. The number of hydrogen-bond donors (Lipinski definition) is 0. The molecule has 1 aromatic carbocycles. The highest BCUT2D eigenvalue weighted by atomic mass is 16.5. The average Bonchev–Trinajstić information content (AvgIpc) is 2.88. The summed E-state index contributed by atoms with van der Waals surface area (Å²) in [5.41, 5.74) is 3.18. The van der Waals surface area contributed by atoms with E-state index in [1.807, 2.05) is 12.1 Å². The number of aryl methyl sites for hydroxylation is 2. The van der Waals surface area contributed by atoms with Gasteiger partial charge in [0.1, 0.15) is 17.2 Å². The molecule has 0 saturated heterocycles. The van der Waals surface area contributed by atoms with Gasteiger partial charge in [-0.15, -0.1) is 0 Å². The molecule has 0 amide bonds. The van der Waals surface area contributed by atoms with Gasteiger partial charge in [-0.2, -0.15) is 0 Å². The summed E-state index contributed by atoms with van der Waals surface area (Å²) in [6, 6.07) is 8.28. The summed E-state index contributed by atoms with van der Waals surface area (Å²) >= 11 is 0. The van der Waals surface area contributed by atoms with Crippen LogP contribution in [0.4, 0.5) is 0 Å². The molecule has 0 spiro atoms. The van der Waals surface area contributed by atoms with Crippen molar-refractivity contribution in [3.8, 4) is 17.0 Å². The highest BCUT2D eigenvalue weighted by Gasteiger charge is 2.12. The molecule has 1 aromatic heterocycles. The second-order valence-electron chi connectivity index (χ2n) is 4.71. The van der Waals surface area contributed by atoms with Crippen molar-refractivity contribution < 1.29 is 9.26 Å². The highest BCUT2D eigenvalue weighted by molar-refractivity contribution is 5.68. The molecular weight excluding hydrogens is 238 g/mol. The van der Waals surface area contributed by atoms with Crippen molar-refractivity contribution in [1.82, 2.24) is 5.16 Å². The Kier molecular flexibility index (Phi) is 4.61. The lowest BCUT2D eigenvalue weighted by Gasteiger charge is -2.08. The van der Waals surface area contributed by atoms with Crippen LogP contribution >= 0.6 is 0 Å². The average molecular weight is 259 g/mol. The van der Waals surface area contributed by atoms with E-state index in [4.69, 9.17) is 9.26 Å². The smallest absolute Gasteiger partial charge is 0.137 e. The van der Waals surface area contributed by atoms with E-state index in [0.717, 1.165) is 48.5 Å². The lowest BCUT2D eigenvalue weighted by molar-refractivity contribution is 0.383. The zero-order valence-corrected chi connectivity index (χ0v) is 11.9. The fourth-order valence-electron chi connectivity index (χ4n) is 2.20. The standard InChI is InChI=1S/C16H21NO2/c1-4-6-12-8-9-16(18-3)14(10-12)15-11-13(7-5-2)19-17-15/h8-11H,4-7H2,1-3H3. The van der Waals surface area contributed by atoms with Crippen molar-refractivity contribution >= 4 is 0 Å². The largest absolute Gasteiger partial charge is 0.496 e. The Morgan fingerprint density at radius 3 is 2.58 bits per heavy atom. The van der Waals surface area contributed by atoms with E-state index in [0.29, 0.717) is 0 Å². The fourth-order valence-corrected chi connectivity index (χ4v) is 2.20. The number of hydrogen-bond acceptors (Lipinski definition) is 3.